The van der Waals surface area contributed by atoms with Gasteiger partial charge in [-0.3, -0.25) is 0 Å². The highest BCUT2D eigenvalue weighted by Gasteiger charge is 2.28. The summed E-state index contributed by atoms with van der Waals surface area (Å²) in [6.07, 6.45) is -4.30. The van der Waals surface area contributed by atoms with Crippen molar-refractivity contribution in [3.05, 3.63) is 11.4 Å². The number of rotatable bonds is 2. The first-order valence-corrected chi connectivity index (χ1v) is 5.46. The van der Waals surface area contributed by atoms with E-state index >= 15 is 0 Å². The van der Waals surface area contributed by atoms with Crippen molar-refractivity contribution in [3.8, 4) is 0 Å². The molecular weight excluding hydrogens is 245 g/mol. The van der Waals surface area contributed by atoms with E-state index in [0.717, 1.165) is 0 Å². The second kappa shape index (κ2) is 4.62. The van der Waals surface area contributed by atoms with Gasteiger partial charge in [0.1, 0.15) is 24.0 Å². The minimum absolute atomic E-state index is 0.129. The first kappa shape index (κ1) is 14.5. The van der Waals surface area contributed by atoms with E-state index < -0.39 is 12.7 Å². The largest absolute Gasteiger partial charge is 0.405 e. The summed E-state index contributed by atoms with van der Waals surface area (Å²) in [6, 6.07) is 0. The normalized spacial score (nSPS) is 12.6. The molecule has 4 nitrogen and oxygen atoms in total. The van der Waals surface area contributed by atoms with Gasteiger partial charge >= 0.3 is 6.18 Å². The topological polar surface area (TPSA) is 63.8 Å². The molecule has 102 valence electrons. The fourth-order valence-corrected chi connectivity index (χ4v) is 1.23. The molecule has 0 aliphatic rings. The molecule has 3 N–H and O–H groups in total. The zero-order valence-electron chi connectivity index (χ0n) is 10.8. The number of alkyl halides is 3. The smallest absolute Gasteiger partial charge is 0.383 e. The van der Waals surface area contributed by atoms with Gasteiger partial charge in [-0.25, -0.2) is 9.97 Å². The monoisotopic (exact) mass is 262 g/mol. The maximum absolute atomic E-state index is 12.2. The Kier molecular flexibility index (Phi) is 3.73. The highest BCUT2D eigenvalue weighted by Crippen LogP contribution is 2.25. The van der Waals surface area contributed by atoms with E-state index in [-0.39, 0.29) is 17.1 Å². The summed E-state index contributed by atoms with van der Waals surface area (Å²) < 4.78 is 36.5. The Bertz CT molecular complexity index is 435. The zero-order chi connectivity index (χ0) is 14.1. The molecule has 0 unspecified atom stereocenters. The number of nitrogen functional groups attached to an aromatic ring is 1. The molecule has 0 aliphatic heterocycles. The minimum atomic E-state index is -4.30. The number of halogens is 3. The summed E-state index contributed by atoms with van der Waals surface area (Å²) in [5, 5.41) is 2.25. The standard InChI is InChI=1S/C11H17F3N4/c1-6-7(15)17-9(10(2,3)4)18-8(6)16-5-11(12,13)14/h5H2,1-4H3,(H3,15,16,17,18). The van der Waals surface area contributed by atoms with Gasteiger partial charge in [0.25, 0.3) is 0 Å². The van der Waals surface area contributed by atoms with E-state index in [4.69, 9.17) is 5.73 Å². The van der Waals surface area contributed by atoms with Gasteiger partial charge in [-0.1, -0.05) is 20.8 Å². The second-order valence-corrected chi connectivity index (χ2v) is 5.12. The maximum Gasteiger partial charge on any atom is 0.405 e. The molecule has 0 saturated carbocycles. The van der Waals surface area contributed by atoms with Crippen molar-refractivity contribution in [2.24, 2.45) is 0 Å². The van der Waals surface area contributed by atoms with Crippen molar-refractivity contribution in [3.63, 3.8) is 0 Å². The van der Waals surface area contributed by atoms with Crippen LogP contribution in [-0.4, -0.2) is 22.7 Å². The number of nitrogens with zero attached hydrogens (tertiary/aromatic N) is 2. The Morgan fingerprint density at radius 1 is 1.17 bits per heavy atom. The average molecular weight is 262 g/mol. The number of nitrogens with one attached hydrogen (secondary N) is 1. The Balaban J connectivity index is 3.07. The molecule has 1 aromatic heterocycles. The lowest BCUT2D eigenvalue weighted by molar-refractivity contribution is -0.115. The summed E-state index contributed by atoms with van der Waals surface area (Å²) in [6.45, 7) is 6.04. The van der Waals surface area contributed by atoms with Crippen LogP contribution in [0.5, 0.6) is 0 Å². The summed E-state index contributed by atoms with van der Waals surface area (Å²) in [5.74, 6) is 0.736. The predicted octanol–water partition coefficient (Wildman–Crippen LogP) is 2.64. The minimum Gasteiger partial charge on any atom is -0.383 e. The van der Waals surface area contributed by atoms with Crippen molar-refractivity contribution in [1.82, 2.24) is 9.97 Å². The zero-order valence-corrected chi connectivity index (χ0v) is 10.8. The molecule has 0 bridgehead atoms. The van der Waals surface area contributed by atoms with Gasteiger partial charge in [0.2, 0.25) is 0 Å². The Morgan fingerprint density at radius 2 is 1.72 bits per heavy atom. The molecular formula is C11H17F3N4. The van der Waals surface area contributed by atoms with E-state index in [1.165, 1.54) is 0 Å². The third kappa shape index (κ3) is 3.75. The molecule has 0 radical (unpaired) electrons. The predicted molar refractivity (Wildman–Crippen MR) is 64.4 cm³/mol. The van der Waals surface area contributed by atoms with E-state index in [0.29, 0.717) is 11.4 Å². The Labute approximate surface area is 104 Å². The summed E-state index contributed by atoms with van der Waals surface area (Å²) in [7, 11) is 0. The lowest BCUT2D eigenvalue weighted by Crippen LogP contribution is -2.24. The van der Waals surface area contributed by atoms with Gasteiger partial charge in [-0.15, -0.1) is 0 Å². The summed E-state index contributed by atoms with van der Waals surface area (Å²) in [5.41, 5.74) is 5.73. The molecule has 7 heteroatoms. The van der Waals surface area contributed by atoms with Gasteiger partial charge in [-0.05, 0) is 6.92 Å². The Morgan fingerprint density at radius 3 is 2.17 bits per heavy atom. The maximum atomic E-state index is 12.2. The quantitative estimate of drug-likeness (QED) is 0.860. The van der Waals surface area contributed by atoms with Crippen LogP contribution in [-0.2, 0) is 5.41 Å². The van der Waals surface area contributed by atoms with Crippen LogP contribution in [0.1, 0.15) is 32.2 Å². The highest BCUT2D eigenvalue weighted by atomic mass is 19.4. The van der Waals surface area contributed by atoms with Gasteiger partial charge in [0.05, 0.1) is 0 Å². The summed E-state index contributed by atoms with van der Waals surface area (Å²) in [4.78, 5) is 8.20. The van der Waals surface area contributed by atoms with Crippen molar-refractivity contribution in [2.75, 3.05) is 17.6 Å². The van der Waals surface area contributed by atoms with Crippen LogP contribution in [0, 0.1) is 6.92 Å². The molecule has 0 saturated heterocycles. The number of aromatic nitrogens is 2. The third-order valence-electron chi connectivity index (χ3n) is 2.31. The number of hydrogen-bond donors (Lipinski definition) is 2. The van der Waals surface area contributed by atoms with Crippen molar-refractivity contribution in [1.29, 1.82) is 0 Å². The van der Waals surface area contributed by atoms with E-state index in [1.807, 2.05) is 20.8 Å². The molecule has 18 heavy (non-hydrogen) atoms. The molecule has 0 spiro atoms. The molecule has 1 rings (SSSR count). The average Bonchev–Trinajstić information content (AvgIpc) is 2.17. The molecule has 0 aromatic carbocycles. The first-order chi connectivity index (χ1) is 8.00. The van der Waals surface area contributed by atoms with Crippen molar-refractivity contribution >= 4 is 11.6 Å². The second-order valence-electron chi connectivity index (χ2n) is 5.12. The first-order valence-electron chi connectivity index (χ1n) is 5.46. The molecule has 1 aromatic rings. The van der Waals surface area contributed by atoms with Gasteiger partial charge in [-0.2, -0.15) is 13.2 Å². The van der Waals surface area contributed by atoms with Crippen LogP contribution in [0.15, 0.2) is 0 Å². The van der Waals surface area contributed by atoms with Crippen LogP contribution in [0.3, 0.4) is 0 Å². The van der Waals surface area contributed by atoms with Crippen LogP contribution in [0.4, 0.5) is 24.8 Å². The van der Waals surface area contributed by atoms with E-state index in [2.05, 4.69) is 15.3 Å². The summed E-state index contributed by atoms with van der Waals surface area (Å²) >= 11 is 0. The fourth-order valence-electron chi connectivity index (χ4n) is 1.23. The van der Waals surface area contributed by atoms with Crippen LogP contribution < -0.4 is 11.1 Å². The number of hydrogen-bond acceptors (Lipinski definition) is 4. The lowest BCUT2D eigenvalue weighted by atomic mass is 9.95. The van der Waals surface area contributed by atoms with Gasteiger partial charge < -0.3 is 11.1 Å². The van der Waals surface area contributed by atoms with Gasteiger partial charge in [0.15, 0.2) is 0 Å². The number of nitrogens with two attached hydrogens (primary N) is 1. The lowest BCUT2D eigenvalue weighted by Gasteiger charge is -2.20. The van der Waals surface area contributed by atoms with Crippen LogP contribution in [0.2, 0.25) is 0 Å². The highest BCUT2D eigenvalue weighted by molar-refractivity contribution is 5.55. The molecule has 0 amide bonds. The molecule has 0 fully saturated rings. The van der Waals surface area contributed by atoms with Crippen LogP contribution >= 0.6 is 0 Å². The number of anilines is 2. The van der Waals surface area contributed by atoms with Crippen molar-refractivity contribution < 1.29 is 13.2 Å². The van der Waals surface area contributed by atoms with Crippen LogP contribution in [0.25, 0.3) is 0 Å². The van der Waals surface area contributed by atoms with E-state index in [1.54, 1.807) is 6.92 Å². The molecule has 0 atom stereocenters. The van der Waals surface area contributed by atoms with Crippen molar-refractivity contribution in [2.45, 2.75) is 39.3 Å². The molecule has 0 aliphatic carbocycles. The molecule has 1 heterocycles. The fraction of sp³-hybridized carbons (Fsp3) is 0.636. The van der Waals surface area contributed by atoms with Gasteiger partial charge in [0, 0.05) is 11.0 Å². The SMILES string of the molecule is Cc1c(N)nc(C(C)(C)C)nc1NCC(F)(F)F. The Hall–Kier alpha value is -1.53. The third-order valence-corrected chi connectivity index (χ3v) is 2.31. The van der Waals surface area contributed by atoms with E-state index in [9.17, 15) is 13.2 Å².